The number of hydrogen-bond acceptors (Lipinski definition) is 2. The minimum absolute atomic E-state index is 0.462. The lowest BCUT2D eigenvalue weighted by molar-refractivity contribution is 0.0359. The molecule has 0 aliphatic carbocycles. The van der Waals surface area contributed by atoms with Crippen LogP contribution in [0.15, 0.2) is 0 Å². The zero-order valence-electron chi connectivity index (χ0n) is 14.6. The van der Waals surface area contributed by atoms with E-state index in [1.165, 1.54) is 84.0 Å². The molecule has 0 saturated carbocycles. The second-order valence-electron chi connectivity index (χ2n) is 7.06. The van der Waals surface area contributed by atoms with Crippen molar-refractivity contribution in [3.63, 3.8) is 0 Å². The molecule has 0 radical (unpaired) electrons. The molecular weight excluding hydrogens is 244 g/mol. The van der Waals surface area contributed by atoms with E-state index in [2.05, 4.69) is 37.6 Å². The van der Waals surface area contributed by atoms with E-state index < -0.39 is 0 Å². The van der Waals surface area contributed by atoms with E-state index in [1.807, 2.05) is 0 Å². The summed E-state index contributed by atoms with van der Waals surface area (Å²) >= 11 is 0. The average molecular weight is 283 g/mol. The van der Waals surface area contributed by atoms with E-state index in [-0.39, 0.29) is 0 Å². The smallest absolute Gasteiger partial charge is 0.0182 e. The van der Waals surface area contributed by atoms with Crippen molar-refractivity contribution in [2.24, 2.45) is 0 Å². The molecule has 1 heterocycles. The zero-order valence-corrected chi connectivity index (χ0v) is 14.6. The Balaban J connectivity index is 2.43. The Bertz CT molecular complexity index is 234. The van der Waals surface area contributed by atoms with Crippen LogP contribution < -0.4 is 0 Å². The zero-order chi connectivity index (χ0) is 14.8. The summed E-state index contributed by atoms with van der Waals surface area (Å²) in [5.41, 5.74) is 0.462. The molecule has 1 rings (SSSR count). The minimum atomic E-state index is 0.462. The summed E-state index contributed by atoms with van der Waals surface area (Å²) in [6, 6.07) is 0. The van der Waals surface area contributed by atoms with Crippen molar-refractivity contribution in [2.75, 3.05) is 33.2 Å². The van der Waals surface area contributed by atoms with Crippen molar-refractivity contribution < 1.29 is 0 Å². The number of likely N-dealkylation sites (N-methyl/N-ethyl adjacent to an activating group) is 1. The van der Waals surface area contributed by atoms with E-state index in [9.17, 15) is 0 Å². The van der Waals surface area contributed by atoms with Crippen LogP contribution in [0.5, 0.6) is 0 Å². The SMILES string of the molecule is CCCCCCCC(C)(CCCC)N1CCN(C)CC1. The van der Waals surface area contributed by atoms with E-state index in [4.69, 9.17) is 0 Å². The highest BCUT2D eigenvalue weighted by atomic mass is 15.3. The molecule has 0 bridgehead atoms. The molecule has 0 aromatic carbocycles. The van der Waals surface area contributed by atoms with Crippen LogP contribution >= 0.6 is 0 Å². The van der Waals surface area contributed by atoms with E-state index in [0.29, 0.717) is 5.54 Å². The number of piperazine rings is 1. The van der Waals surface area contributed by atoms with Gasteiger partial charge in [-0.15, -0.1) is 0 Å². The lowest BCUT2D eigenvalue weighted by atomic mass is 9.86. The summed E-state index contributed by atoms with van der Waals surface area (Å²) in [4.78, 5) is 5.26. The monoisotopic (exact) mass is 282 g/mol. The van der Waals surface area contributed by atoms with Crippen LogP contribution in [0, 0.1) is 0 Å². The molecule has 20 heavy (non-hydrogen) atoms. The quantitative estimate of drug-likeness (QED) is 0.543. The Morgan fingerprint density at radius 1 is 0.750 bits per heavy atom. The highest BCUT2D eigenvalue weighted by molar-refractivity contribution is 4.89. The lowest BCUT2D eigenvalue weighted by Gasteiger charge is -2.46. The molecule has 120 valence electrons. The molecule has 0 aromatic rings. The van der Waals surface area contributed by atoms with Crippen molar-refractivity contribution >= 4 is 0 Å². The molecule has 1 fully saturated rings. The first-order valence-corrected chi connectivity index (χ1v) is 9.06. The number of hydrogen-bond donors (Lipinski definition) is 0. The van der Waals surface area contributed by atoms with Gasteiger partial charge in [0.2, 0.25) is 0 Å². The van der Waals surface area contributed by atoms with Crippen molar-refractivity contribution in [2.45, 2.75) is 84.1 Å². The van der Waals surface area contributed by atoms with Crippen LogP contribution in [-0.2, 0) is 0 Å². The summed E-state index contributed by atoms with van der Waals surface area (Å²) in [6.45, 7) is 12.2. The van der Waals surface area contributed by atoms with Gasteiger partial charge in [0.1, 0.15) is 0 Å². The van der Waals surface area contributed by atoms with Crippen molar-refractivity contribution in [1.82, 2.24) is 9.80 Å². The molecule has 2 heteroatoms. The Hall–Kier alpha value is -0.0800. The fourth-order valence-corrected chi connectivity index (χ4v) is 3.45. The van der Waals surface area contributed by atoms with Crippen molar-refractivity contribution in [1.29, 1.82) is 0 Å². The lowest BCUT2D eigenvalue weighted by Crippen LogP contribution is -2.55. The first-order chi connectivity index (χ1) is 9.62. The maximum absolute atomic E-state index is 2.79. The number of nitrogens with zero attached hydrogens (tertiary/aromatic N) is 2. The van der Waals surface area contributed by atoms with Gasteiger partial charge in [-0.2, -0.15) is 0 Å². The first kappa shape index (κ1) is 18.0. The number of unbranched alkanes of at least 4 members (excludes halogenated alkanes) is 5. The van der Waals surface area contributed by atoms with E-state index in [0.717, 1.165) is 0 Å². The van der Waals surface area contributed by atoms with Crippen LogP contribution in [-0.4, -0.2) is 48.6 Å². The topological polar surface area (TPSA) is 6.48 Å². The van der Waals surface area contributed by atoms with Gasteiger partial charge in [0.05, 0.1) is 0 Å². The number of rotatable bonds is 10. The normalized spacial score (nSPS) is 21.0. The minimum Gasteiger partial charge on any atom is -0.304 e. The molecule has 1 atom stereocenters. The van der Waals surface area contributed by atoms with Gasteiger partial charge in [-0.3, -0.25) is 4.90 Å². The van der Waals surface area contributed by atoms with Gasteiger partial charge in [-0.25, -0.2) is 0 Å². The summed E-state index contributed by atoms with van der Waals surface area (Å²) in [5.74, 6) is 0. The molecule has 0 aromatic heterocycles. The summed E-state index contributed by atoms with van der Waals surface area (Å²) in [5, 5.41) is 0. The fraction of sp³-hybridized carbons (Fsp3) is 1.00. The summed E-state index contributed by atoms with van der Waals surface area (Å²) in [7, 11) is 2.26. The summed E-state index contributed by atoms with van der Waals surface area (Å²) < 4.78 is 0. The molecule has 0 amide bonds. The second kappa shape index (κ2) is 9.78. The molecule has 1 aliphatic heterocycles. The van der Waals surface area contributed by atoms with E-state index >= 15 is 0 Å². The van der Waals surface area contributed by atoms with Gasteiger partial charge in [0.15, 0.2) is 0 Å². The third kappa shape index (κ3) is 6.13. The second-order valence-corrected chi connectivity index (χ2v) is 7.06. The standard InChI is InChI=1S/C18H38N2/c1-5-7-9-10-11-13-18(3,12-8-6-2)20-16-14-19(4)15-17-20/h5-17H2,1-4H3. The predicted molar refractivity (Wildman–Crippen MR) is 90.4 cm³/mol. The van der Waals surface area contributed by atoms with Crippen LogP contribution in [0.2, 0.25) is 0 Å². The van der Waals surface area contributed by atoms with Crippen LogP contribution in [0.25, 0.3) is 0 Å². The third-order valence-corrected chi connectivity index (χ3v) is 5.15. The molecule has 1 saturated heterocycles. The highest BCUT2D eigenvalue weighted by Crippen LogP contribution is 2.29. The van der Waals surface area contributed by atoms with Gasteiger partial charge < -0.3 is 4.90 Å². The molecule has 0 spiro atoms. The molecule has 1 unspecified atom stereocenters. The molecule has 1 aliphatic rings. The van der Waals surface area contributed by atoms with Gasteiger partial charge in [-0.05, 0) is 26.8 Å². The Kier molecular flexibility index (Phi) is 8.79. The average Bonchev–Trinajstić information content (AvgIpc) is 2.45. The first-order valence-electron chi connectivity index (χ1n) is 9.06. The Morgan fingerprint density at radius 2 is 1.30 bits per heavy atom. The van der Waals surface area contributed by atoms with Crippen molar-refractivity contribution in [3.8, 4) is 0 Å². The highest BCUT2D eigenvalue weighted by Gasteiger charge is 2.32. The van der Waals surface area contributed by atoms with Crippen LogP contribution in [0.1, 0.15) is 78.6 Å². The van der Waals surface area contributed by atoms with Gasteiger partial charge in [0.25, 0.3) is 0 Å². The predicted octanol–water partition coefficient (Wildman–Crippen LogP) is 4.54. The third-order valence-electron chi connectivity index (χ3n) is 5.15. The Morgan fingerprint density at radius 3 is 1.90 bits per heavy atom. The van der Waals surface area contributed by atoms with Crippen LogP contribution in [0.4, 0.5) is 0 Å². The Labute approximate surface area is 127 Å². The van der Waals surface area contributed by atoms with Gasteiger partial charge in [-0.1, -0.05) is 58.8 Å². The van der Waals surface area contributed by atoms with E-state index in [1.54, 1.807) is 0 Å². The van der Waals surface area contributed by atoms with Crippen LogP contribution in [0.3, 0.4) is 0 Å². The maximum Gasteiger partial charge on any atom is 0.0182 e. The van der Waals surface area contributed by atoms with Gasteiger partial charge in [0, 0.05) is 31.7 Å². The summed E-state index contributed by atoms with van der Waals surface area (Å²) in [6.07, 6.45) is 12.6. The largest absolute Gasteiger partial charge is 0.304 e. The van der Waals surface area contributed by atoms with Gasteiger partial charge >= 0.3 is 0 Å². The molecule has 0 N–H and O–H groups in total. The molecular formula is C18H38N2. The molecule has 2 nitrogen and oxygen atoms in total. The fourth-order valence-electron chi connectivity index (χ4n) is 3.45. The maximum atomic E-state index is 2.79. The van der Waals surface area contributed by atoms with Crippen molar-refractivity contribution in [3.05, 3.63) is 0 Å².